The van der Waals surface area contributed by atoms with Crippen LogP contribution in [0.15, 0.2) is 30.3 Å². The van der Waals surface area contributed by atoms with Gasteiger partial charge >= 0.3 is 6.09 Å². The Morgan fingerprint density at radius 2 is 1.87 bits per heavy atom. The second-order valence-electron chi connectivity index (χ2n) is 8.20. The number of primary amides is 1. The predicted molar refractivity (Wildman–Crippen MR) is 107 cm³/mol. The minimum atomic E-state index is -1.17. The van der Waals surface area contributed by atoms with Crippen LogP contribution in [-0.4, -0.2) is 76.0 Å². The highest BCUT2D eigenvalue weighted by atomic mass is 16.6. The lowest BCUT2D eigenvalue weighted by Gasteiger charge is -2.38. The highest BCUT2D eigenvalue weighted by Crippen LogP contribution is 2.34. The molecule has 0 saturated carbocycles. The number of nitrogens with zero attached hydrogens (tertiary/aromatic N) is 2. The molecule has 0 aliphatic carbocycles. The highest BCUT2D eigenvalue weighted by Gasteiger charge is 2.53. The molecule has 166 valence electrons. The van der Waals surface area contributed by atoms with Gasteiger partial charge in [0.1, 0.15) is 24.7 Å². The van der Waals surface area contributed by atoms with Crippen molar-refractivity contribution in [2.24, 2.45) is 11.7 Å². The van der Waals surface area contributed by atoms with E-state index in [2.05, 4.69) is 5.32 Å². The molecule has 0 aromatic heterocycles. The Morgan fingerprint density at radius 3 is 2.58 bits per heavy atom. The number of likely N-dealkylation sites (tertiary alicyclic amines) is 2. The summed E-state index contributed by atoms with van der Waals surface area (Å²) in [4.78, 5) is 52.9. The number of ether oxygens (including phenoxy) is 1. The van der Waals surface area contributed by atoms with Crippen LogP contribution in [0.1, 0.15) is 24.8 Å². The molecular weight excluding hydrogens is 404 g/mol. The minimum absolute atomic E-state index is 0.106. The first-order chi connectivity index (χ1) is 14.9. The van der Waals surface area contributed by atoms with Crippen molar-refractivity contribution in [3.05, 3.63) is 35.9 Å². The van der Waals surface area contributed by atoms with Crippen molar-refractivity contribution in [3.63, 3.8) is 0 Å². The summed E-state index contributed by atoms with van der Waals surface area (Å²) in [7, 11) is 0. The van der Waals surface area contributed by atoms with Gasteiger partial charge in [-0.1, -0.05) is 30.3 Å². The van der Waals surface area contributed by atoms with Gasteiger partial charge in [-0.2, -0.15) is 0 Å². The molecule has 0 radical (unpaired) electrons. The maximum absolute atomic E-state index is 13.3. The highest BCUT2D eigenvalue weighted by molar-refractivity contribution is 5.96. The fourth-order valence-corrected chi connectivity index (χ4v) is 4.80. The average Bonchev–Trinajstić information content (AvgIpc) is 3.42. The van der Waals surface area contributed by atoms with E-state index in [1.165, 1.54) is 9.80 Å². The molecule has 0 spiro atoms. The fraction of sp³-hybridized carbons (Fsp3) is 0.524. The average molecular weight is 430 g/mol. The smallest absolute Gasteiger partial charge is 0.410 e. The molecule has 10 heteroatoms. The van der Waals surface area contributed by atoms with E-state index < -0.39 is 48.1 Å². The van der Waals surface area contributed by atoms with E-state index in [1.807, 2.05) is 30.3 Å². The zero-order valence-corrected chi connectivity index (χ0v) is 17.0. The third-order valence-electron chi connectivity index (χ3n) is 6.36. The molecule has 31 heavy (non-hydrogen) atoms. The van der Waals surface area contributed by atoms with Crippen molar-refractivity contribution >= 4 is 23.8 Å². The van der Waals surface area contributed by atoms with Crippen molar-refractivity contribution in [2.75, 3.05) is 13.1 Å². The van der Waals surface area contributed by atoms with Gasteiger partial charge in [0.15, 0.2) is 0 Å². The lowest BCUT2D eigenvalue weighted by atomic mass is 9.84. The number of hydrogen-bond donors (Lipinski definition) is 3. The van der Waals surface area contributed by atoms with Gasteiger partial charge in [-0.05, 0) is 24.8 Å². The standard InChI is InChI=1S/C21H26N4O6/c22-18(27)15-17(26)13-8-10-25(16(13)19(28)23-15)20(29)14-7-4-9-24(14)21(30)31-11-12-5-2-1-3-6-12/h1-3,5-6,13-17,26H,4,7-11H2,(H2,22,27)(H,23,28)/t13?,14-,15-,16-,17+/m0/s1. The van der Waals surface area contributed by atoms with E-state index in [4.69, 9.17) is 10.5 Å². The van der Waals surface area contributed by atoms with Crippen LogP contribution < -0.4 is 11.1 Å². The number of aliphatic hydroxyl groups is 1. The Labute approximate surface area is 179 Å². The van der Waals surface area contributed by atoms with Crippen LogP contribution in [0, 0.1) is 5.92 Å². The van der Waals surface area contributed by atoms with Gasteiger partial charge in [-0.3, -0.25) is 19.3 Å². The summed E-state index contributed by atoms with van der Waals surface area (Å²) in [6, 6.07) is 6.48. The molecule has 4 rings (SSSR count). The maximum atomic E-state index is 13.3. The van der Waals surface area contributed by atoms with Crippen LogP contribution in [0.5, 0.6) is 0 Å². The first kappa shape index (κ1) is 21.1. The molecular formula is C21H26N4O6. The fourth-order valence-electron chi connectivity index (χ4n) is 4.80. The van der Waals surface area contributed by atoms with Crippen LogP contribution in [0.3, 0.4) is 0 Å². The van der Waals surface area contributed by atoms with Crippen LogP contribution in [-0.2, 0) is 25.7 Å². The van der Waals surface area contributed by atoms with E-state index in [0.717, 1.165) is 5.56 Å². The van der Waals surface area contributed by atoms with Gasteiger partial charge in [-0.25, -0.2) is 4.79 Å². The Morgan fingerprint density at radius 1 is 1.13 bits per heavy atom. The Hall–Kier alpha value is -3.14. The molecule has 1 unspecified atom stereocenters. The Balaban J connectivity index is 1.43. The summed E-state index contributed by atoms with van der Waals surface area (Å²) >= 11 is 0. The number of hydrogen-bond acceptors (Lipinski definition) is 6. The van der Waals surface area contributed by atoms with Crippen molar-refractivity contribution in [3.8, 4) is 0 Å². The number of carbonyl (C=O) groups is 4. The van der Waals surface area contributed by atoms with E-state index in [-0.39, 0.29) is 19.1 Å². The van der Waals surface area contributed by atoms with Crippen LogP contribution in [0.2, 0.25) is 0 Å². The number of nitrogens with two attached hydrogens (primary N) is 1. The van der Waals surface area contributed by atoms with Gasteiger partial charge in [-0.15, -0.1) is 0 Å². The number of carbonyl (C=O) groups excluding carboxylic acids is 4. The number of fused-ring (bicyclic) bond motifs is 1. The zero-order chi connectivity index (χ0) is 22.1. The third-order valence-corrected chi connectivity index (χ3v) is 6.36. The third kappa shape index (κ3) is 3.95. The first-order valence-corrected chi connectivity index (χ1v) is 10.4. The summed E-state index contributed by atoms with van der Waals surface area (Å²) in [5.41, 5.74) is 6.11. The second kappa shape index (κ2) is 8.54. The van der Waals surface area contributed by atoms with Gasteiger partial charge < -0.3 is 25.8 Å². The van der Waals surface area contributed by atoms with Crippen LogP contribution >= 0.6 is 0 Å². The van der Waals surface area contributed by atoms with Crippen LogP contribution in [0.4, 0.5) is 4.79 Å². The summed E-state index contributed by atoms with van der Waals surface area (Å²) in [6.07, 6.45) is -0.232. The topological polar surface area (TPSA) is 142 Å². The number of nitrogens with one attached hydrogen (secondary N) is 1. The molecule has 5 atom stereocenters. The number of rotatable bonds is 4. The summed E-state index contributed by atoms with van der Waals surface area (Å²) in [5, 5.41) is 12.9. The van der Waals surface area contributed by atoms with Crippen molar-refractivity contribution < 1.29 is 29.0 Å². The summed E-state index contributed by atoms with van der Waals surface area (Å²) < 4.78 is 5.39. The molecule has 0 bridgehead atoms. The molecule has 1 aromatic carbocycles. The molecule has 10 nitrogen and oxygen atoms in total. The van der Waals surface area contributed by atoms with Gasteiger partial charge in [0.2, 0.25) is 17.7 Å². The number of benzene rings is 1. The normalized spacial score (nSPS) is 30.0. The van der Waals surface area contributed by atoms with Crippen molar-refractivity contribution in [1.29, 1.82) is 0 Å². The van der Waals surface area contributed by atoms with E-state index >= 15 is 0 Å². The number of aliphatic hydroxyl groups excluding tert-OH is 1. The molecule has 1 aromatic rings. The van der Waals surface area contributed by atoms with Crippen molar-refractivity contribution in [2.45, 2.75) is 50.1 Å². The lowest BCUT2D eigenvalue weighted by molar-refractivity contribution is -0.148. The molecule has 3 fully saturated rings. The lowest BCUT2D eigenvalue weighted by Crippen LogP contribution is -2.66. The number of piperidine rings is 1. The van der Waals surface area contributed by atoms with E-state index in [9.17, 15) is 24.3 Å². The van der Waals surface area contributed by atoms with Gasteiger partial charge in [0, 0.05) is 19.0 Å². The maximum Gasteiger partial charge on any atom is 0.410 e. The van der Waals surface area contributed by atoms with E-state index in [0.29, 0.717) is 25.8 Å². The molecule has 4 amide bonds. The minimum Gasteiger partial charge on any atom is -0.445 e. The van der Waals surface area contributed by atoms with E-state index in [1.54, 1.807) is 0 Å². The Kier molecular flexibility index (Phi) is 5.81. The van der Waals surface area contributed by atoms with Gasteiger partial charge in [0.25, 0.3) is 0 Å². The molecule has 3 saturated heterocycles. The second-order valence-corrected chi connectivity index (χ2v) is 8.20. The number of amides is 4. The monoisotopic (exact) mass is 430 g/mol. The molecule has 3 aliphatic rings. The SMILES string of the molecule is NC(=O)[C@H]1NC(=O)[C@@H]2C(CCN2C(=O)[C@@H]2CCCN2C(=O)OCc2ccccc2)[C@H]1O. The van der Waals surface area contributed by atoms with Crippen molar-refractivity contribution in [1.82, 2.24) is 15.1 Å². The van der Waals surface area contributed by atoms with Crippen LogP contribution in [0.25, 0.3) is 0 Å². The quantitative estimate of drug-likeness (QED) is 0.579. The summed E-state index contributed by atoms with van der Waals surface area (Å²) in [6.45, 7) is 0.757. The summed E-state index contributed by atoms with van der Waals surface area (Å²) in [5.74, 6) is -2.25. The Bertz CT molecular complexity index is 878. The van der Waals surface area contributed by atoms with Gasteiger partial charge in [0.05, 0.1) is 6.10 Å². The zero-order valence-electron chi connectivity index (χ0n) is 17.0. The predicted octanol–water partition coefficient (Wildman–Crippen LogP) is -0.651. The largest absolute Gasteiger partial charge is 0.445 e. The first-order valence-electron chi connectivity index (χ1n) is 10.4. The molecule has 3 heterocycles. The molecule has 4 N–H and O–H groups in total. The molecule has 3 aliphatic heterocycles.